The van der Waals surface area contributed by atoms with Crippen LogP contribution >= 0.6 is 0 Å². The van der Waals surface area contributed by atoms with Gasteiger partial charge in [0.25, 0.3) is 5.91 Å². The number of carbonyl (C=O) groups is 1. The summed E-state index contributed by atoms with van der Waals surface area (Å²) in [4.78, 5) is 11.7. The number of hydrogen-bond acceptors (Lipinski definition) is 3. The topological polar surface area (TPSA) is 47.6 Å². The number of ether oxygens (including phenoxy) is 2. The summed E-state index contributed by atoms with van der Waals surface area (Å²) in [5.74, 6) is 1.15. The fourth-order valence-corrected chi connectivity index (χ4v) is 1.74. The van der Waals surface area contributed by atoms with Crippen molar-refractivity contribution in [3.05, 3.63) is 48.2 Å². The van der Waals surface area contributed by atoms with E-state index < -0.39 is 0 Å². The minimum absolute atomic E-state index is 0. The van der Waals surface area contributed by atoms with Gasteiger partial charge in [-0.1, -0.05) is 18.2 Å². The van der Waals surface area contributed by atoms with E-state index in [9.17, 15) is 4.79 Å². The van der Waals surface area contributed by atoms with E-state index in [1.165, 1.54) is 0 Å². The first-order chi connectivity index (χ1) is 9.28. The first kappa shape index (κ1) is 13.2. The SMILES string of the molecule is COc1cccc(OCC(=O)NC2=CCCC=C2)c1.[HH]. The molecular formula is C15H19NO3. The van der Waals surface area contributed by atoms with Crippen molar-refractivity contribution >= 4 is 5.91 Å². The Morgan fingerprint density at radius 1 is 1.37 bits per heavy atom. The number of nitrogens with one attached hydrogen (secondary N) is 1. The van der Waals surface area contributed by atoms with Crippen LogP contribution in [0.25, 0.3) is 0 Å². The highest BCUT2D eigenvalue weighted by Crippen LogP contribution is 2.18. The standard InChI is InChI=1S/C15H17NO3.H2/c1-18-13-8-5-9-14(10-13)19-11-15(17)16-12-6-3-2-4-7-12;/h3,5-10H,2,4,11H2,1H3,(H,16,17);1H. The second-order valence-corrected chi connectivity index (χ2v) is 4.16. The third kappa shape index (κ3) is 4.17. The first-order valence-electron chi connectivity index (χ1n) is 6.21. The lowest BCUT2D eigenvalue weighted by atomic mass is 10.1. The van der Waals surface area contributed by atoms with E-state index in [2.05, 4.69) is 5.32 Å². The molecule has 0 saturated heterocycles. The van der Waals surface area contributed by atoms with Crippen LogP contribution < -0.4 is 14.8 Å². The van der Waals surface area contributed by atoms with Crippen molar-refractivity contribution < 1.29 is 15.7 Å². The maximum atomic E-state index is 11.7. The van der Waals surface area contributed by atoms with Gasteiger partial charge in [-0.15, -0.1) is 0 Å². The molecule has 0 unspecified atom stereocenters. The summed E-state index contributed by atoms with van der Waals surface area (Å²) in [6.45, 7) is -0.0155. The van der Waals surface area contributed by atoms with Gasteiger partial charge in [0.2, 0.25) is 0 Å². The molecular weight excluding hydrogens is 242 g/mol. The summed E-state index contributed by atoms with van der Waals surface area (Å²) in [7, 11) is 1.59. The molecule has 19 heavy (non-hydrogen) atoms. The Hall–Kier alpha value is -2.23. The highest BCUT2D eigenvalue weighted by atomic mass is 16.5. The third-order valence-electron chi connectivity index (χ3n) is 2.69. The molecule has 0 saturated carbocycles. The third-order valence-corrected chi connectivity index (χ3v) is 2.69. The monoisotopic (exact) mass is 261 g/mol. The van der Waals surface area contributed by atoms with Crippen molar-refractivity contribution in [1.82, 2.24) is 5.32 Å². The molecule has 0 heterocycles. The van der Waals surface area contributed by atoms with Crippen molar-refractivity contribution in [1.29, 1.82) is 0 Å². The minimum Gasteiger partial charge on any atom is -0.497 e. The molecule has 102 valence electrons. The fraction of sp³-hybridized carbons (Fsp3) is 0.267. The highest BCUT2D eigenvalue weighted by Gasteiger charge is 2.05. The van der Waals surface area contributed by atoms with E-state index in [0.717, 1.165) is 18.5 Å². The van der Waals surface area contributed by atoms with Gasteiger partial charge in [-0.2, -0.15) is 0 Å². The Bertz CT molecular complexity index is 512. The number of allylic oxidation sites excluding steroid dienone is 3. The second-order valence-electron chi connectivity index (χ2n) is 4.16. The number of amides is 1. The lowest BCUT2D eigenvalue weighted by Gasteiger charge is -2.10. The lowest BCUT2D eigenvalue weighted by molar-refractivity contribution is -0.122. The largest absolute Gasteiger partial charge is 0.497 e. The van der Waals surface area contributed by atoms with Crippen LogP contribution in [0, 0.1) is 0 Å². The van der Waals surface area contributed by atoms with Crippen LogP contribution in [0.2, 0.25) is 0 Å². The molecule has 1 amide bonds. The molecule has 0 fully saturated rings. The Labute approximate surface area is 114 Å². The molecule has 0 atom stereocenters. The van der Waals surface area contributed by atoms with Crippen LogP contribution in [-0.4, -0.2) is 19.6 Å². The minimum atomic E-state index is -0.166. The van der Waals surface area contributed by atoms with Crippen molar-refractivity contribution in [3.63, 3.8) is 0 Å². The zero-order valence-electron chi connectivity index (χ0n) is 10.9. The number of benzene rings is 1. The van der Waals surface area contributed by atoms with Crippen LogP contribution in [0.15, 0.2) is 48.2 Å². The quantitative estimate of drug-likeness (QED) is 0.886. The summed E-state index contributed by atoms with van der Waals surface area (Å²) in [6.07, 6.45) is 7.94. The van der Waals surface area contributed by atoms with Gasteiger partial charge >= 0.3 is 0 Å². The summed E-state index contributed by atoms with van der Waals surface area (Å²) in [6, 6.07) is 7.17. The number of hydrogen-bond donors (Lipinski definition) is 1. The van der Waals surface area contributed by atoms with Gasteiger partial charge in [0, 0.05) is 13.2 Å². The van der Waals surface area contributed by atoms with E-state index in [4.69, 9.17) is 9.47 Å². The summed E-state index contributed by atoms with van der Waals surface area (Å²) in [5, 5.41) is 2.80. The summed E-state index contributed by atoms with van der Waals surface area (Å²) < 4.78 is 10.5. The Kier molecular flexibility index (Phi) is 4.61. The molecule has 0 aromatic heterocycles. The van der Waals surface area contributed by atoms with Crippen molar-refractivity contribution in [3.8, 4) is 11.5 Å². The maximum Gasteiger partial charge on any atom is 0.262 e. The molecule has 0 bridgehead atoms. The molecule has 1 aromatic rings. The molecule has 0 spiro atoms. The van der Waals surface area contributed by atoms with E-state index in [1.807, 2.05) is 30.4 Å². The molecule has 1 N–H and O–H groups in total. The van der Waals surface area contributed by atoms with Crippen LogP contribution in [0.1, 0.15) is 14.3 Å². The lowest BCUT2D eigenvalue weighted by Crippen LogP contribution is -2.28. The predicted octanol–water partition coefficient (Wildman–Crippen LogP) is 2.67. The fourth-order valence-electron chi connectivity index (χ4n) is 1.74. The Balaban J connectivity index is 0.00000200. The predicted molar refractivity (Wildman–Crippen MR) is 75.2 cm³/mol. The zero-order chi connectivity index (χ0) is 13.5. The number of methoxy groups -OCH3 is 1. The van der Waals surface area contributed by atoms with Gasteiger partial charge in [-0.3, -0.25) is 4.79 Å². The van der Waals surface area contributed by atoms with Crippen LogP contribution in [0.4, 0.5) is 0 Å². The molecule has 4 nitrogen and oxygen atoms in total. The van der Waals surface area contributed by atoms with Crippen LogP contribution in [-0.2, 0) is 4.79 Å². The molecule has 2 rings (SSSR count). The van der Waals surface area contributed by atoms with Crippen molar-refractivity contribution in [2.24, 2.45) is 0 Å². The Morgan fingerprint density at radius 2 is 2.21 bits per heavy atom. The van der Waals surface area contributed by atoms with Gasteiger partial charge < -0.3 is 14.8 Å². The van der Waals surface area contributed by atoms with Crippen LogP contribution in [0.5, 0.6) is 11.5 Å². The average molecular weight is 261 g/mol. The smallest absolute Gasteiger partial charge is 0.262 e. The number of rotatable bonds is 5. The number of carbonyl (C=O) groups excluding carboxylic acids is 1. The average Bonchev–Trinajstić information content (AvgIpc) is 2.46. The summed E-state index contributed by atoms with van der Waals surface area (Å²) in [5.41, 5.74) is 0.838. The molecule has 1 aliphatic rings. The van der Waals surface area contributed by atoms with Gasteiger partial charge in [0.15, 0.2) is 6.61 Å². The second kappa shape index (κ2) is 6.64. The van der Waals surface area contributed by atoms with E-state index in [1.54, 1.807) is 19.2 Å². The van der Waals surface area contributed by atoms with Gasteiger partial charge in [0.05, 0.1) is 7.11 Å². The van der Waals surface area contributed by atoms with Crippen molar-refractivity contribution in [2.75, 3.05) is 13.7 Å². The molecule has 4 heteroatoms. The normalized spacial score (nSPS) is 13.6. The summed E-state index contributed by atoms with van der Waals surface area (Å²) >= 11 is 0. The first-order valence-corrected chi connectivity index (χ1v) is 6.21. The van der Waals surface area contributed by atoms with Gasteiger partial charge in [-0.05, 0) is 31.1 Å². The van der Waals surface area contributed by atoms with E-state index in [-0.39, 0.29) is 13.9 Å². The molecule has 0 aliphatic heterocycles. The maximum absolute atomic E-state index is 11.7. The molecule has 0 radical (unpaired) electrons. The molecule has 1 aromatic carbocycles. The zero-order valence-corrected chi connectivity index (χ0v) is 10.9. The van der Waals surface area contributed by atoms with E-state index >= 15 is 0 Å². The van der Waals surface area contributed by atoms with Gasteiger partial charge in [-0.25, -0.2) is 0 Å². The van der Waals surface area contributed by atoms with Crippen LogP contribution in [0.3, 0.4) is 0 Å². The van der Waals surface area contributed by atoms with E-state index in [0.29, 0.717) is 11.5 Å². The van der Waals surface area contributed by atoms with Crippen molar-refractivity contribution in [2.45, 2.75) is 12.8 Å². The highest BCUT2D eigenvalue weighted by molar-refractivity contribution is 5.79. The molecule has 1 aliphatic carbocycles. The van der Waals surface area contributed by atoms with Gasteiger partial charge in [0.1, 0.15) is 11.5 Å². The Morgan fingerprint density at radius 3 is 2.95 bits per heavy atom.